The highest BCUT2D eigenvalue weighted by atomic mass is 32.2. The summed E-state index contributed by atoms with van der Waals surface area (Å²) in [5.74, 6) is -0.0394. The summed E-state index contributed by atoms with van der Waals surface area (Å²) in [6.07, 6.45) is -3.48. The van der Waals surface area contributed by atoms with Crippen LogP contribution in [0.25, 0.3) is 0 Å². The van der Waals surface area contributed by atoms with Gasteiger partial charge in [-0.2, -0.15) is 0 Å². The standard InChI is InChI=1S/C4H5F3S/c5-2-1-8-4(7)3(2)6/h2-4H,1H2. The first kappa shape index (κ1) is 6.26. The molecule has 0 nitrogen and oxygen atoms in total. The normalized spacial score (nSPS) is 47.6. The maximum Gasteiger partial charge on any atom is 0.180 e. The summed E-state index contributed by atoms with van der Waals surface area (Å²) in [5.41, 5.74) is -1.63. The van der Waals surface area contributed by atoms with Crippen LogP contribution in [-0.2, 0) is 0 Å². The molecule has 1 saturated heterocycles. The van der Waals surface area contributed by atoms with Crippen LogP contribution in [0.3, 0.4) is 0 Å². The predicted octanol–water partition coefficient (Wildman–Crippen LogP) is 1.70. The Bertz CT molecular complexity index is 77.4. The van der Waals surface area contributed by atoms with Gasteiger partial charge in [0.15, 0.2) is 11.7 Å². The molecule has 0 radical (unpaired) electrons. The number of hydrogen-bond donors (Lipinski definition) is 0. The monoisotopic (exact) mass is 142 g/mol. The van der Waals surface area contributed by atoms with Gasteiger partial charge in [0, 0.05) is 5.75 Å². The van der Waals surface area contributed by atoms with Crippen LogP contribution in [0.1, 0.15) is 0 Å². The second kappa shape index (κ2) is 2.17. The Balaban J connectivity index is 2.44. The molecule has 4 heteroatoms. The average molecular weight is 142 g/mol. The zero-order valence-corrected chi connectivity index (χ0v) is 4.80. The third kappa shape index (κ3) is 0.940. The predicted molar refractivity (Wildman–Crippen MR) is 27.1 cm³/mol. The molecular weight excluding hydrogens is 137 g/mol. The molecular formula is C4H5F3S. The zero-order valence-electron chi connectivity index (χ0n) is 3.98. The third-order valence-corrected chi connectivity index (χ3v) is 2.10. The van der Waals surface area contributed by atoms with E-state index in [-0.39, 0.29) is 5.75 Å². The van der Waals surface area contributed by atoms with Crippen molar-refractivity contribution in [2.45, 2.75) is 17.8 Å². The van der Waals surface area contributed by atoms with Gasteiger partial charge in [-0.15, -0.1) is 11.8 Å². The molecule has 1 heterocycles. The van der Waals surface area contributed by atoms with Crippen molar-refractivity contribution >= 4 is 11.8 Å². The van der Waals surface area contributed by atoms with Crippen LogP contribution >= 0.6 is 11.8 Å². The first-order valence-electron chi connectivity index (χ1n) is 2.25. The molecule has 48 valence electrons. The minimum Gasteiger partial charge on any atom is -0.243 e. The van der Waals surface area contributed by atoms with Crippen molar-refractivity contribution in [3.05, 3.63) is 0 Å². The Kier molecular flexibility index (Phi) is 1.70. The van der Waals surface area contributed by atoms with Crippen LogP contribution in [0.2, 0.25) is 0 Å². The van der Waals surface area contributed by atoms with Crippen LogP contribution in [0.4, 0.5) is 13.2 Å². The second-order valence-electron chi connectivity index (χ2n) is 1.64. The summed E-state index contributed by atoms with van der Waals surface area (Å²) < 4.78 is 35.8. The number of hydrogen-bond acceptors (Lipinski definition) is 1. The summed E-state index contributed by atoms with van der Waals surface area (Å²) >= 11 is 0.697. The maximum absolute atomic E-state index is 11.9. The van der Waals surface area contributed by atoms with Gasteiger partial charge in [-0.05, 0) is 0 Å². The largest absolute Gasteiger partial charge is 0.243 e. The van der Waals surface area contributed by atoms with E-state index in [0.29, 0.717) is 11.8 Å². The SMILES string of the molecule is FC1CSC(F)C1F. The molecule has 1 rings (SSSR count). The second-order valence-corrected chi connectivity index (χ2v) is 2.76. The van der Waals surface area contributed by atoms with E-state index < -0.39 is 17.8 Å². The van der Waals surface area contributed by atoms with E-state index in [1.54, 1.807) is 0 Å². The molecule has 8 heavy (non-hydrogen) atoms. The first-order valence-corrected chi connectivity index (χ1v) is 3.30. The molecule has 0 aliphatic carbocycles. The lowest BCUT2D eigenvalue weighted by Gasteiger charge is -2.00. The van der Waals surface area contributed by atoms with Crippen molar-refractivity contribution in [1.29, 1.82) is 0 Å². The Morgan fingerprint density at radius 3 is 2.00 bits per heavy atom. The minimum absolute atomic E-state index is 0.0394. The van der Waals surface area contributed by atoms with Crippen molar-refractivity contribution in [3.8, 4) is 0 Å². The van der Waals surface area contributed by atoms with Crippen molar-refractivity contribution in [3.63, 3.8) is 0 Å². The molecule has 0 amide bonds. The minimum atomic E-state index is -1.89. The van der Waals surface area contributed by atoms with E-state index in [1.165, 1.54) is 0 Å². The highest BCUT2D eigenvalue weighted by molar-refractivity contribution is 8.00. The van der Waals surface area contributed by atoms with Gasteiger partial charge in [0.25, 0.3) is 0 Å². The van der Waals surface area contributed by atoms with E-state index in [1.807, 2.05) is 0 Å². The number of alkyl halides is 3. The van der Waals surface area contributed by atoms with E-state index in [4.69, 9.17) is 0 Å². The highest BCUT2D eigenvalue weighted by Crippen LogP contribution is 2.32. The molecule has 1 aliphatic heterocycles. The maximum atomic E-state index is 11.9. The van der Waals surface area contributed by atoms with Crippen LogP contribution in [0.15, 0.2) is 0 Å². The molecule has 3 unspecified atom stereocenters. The Morgan fingerprint density at radius 1 is 1.25 bits per heavy atom. The lowest BCUT2D eigenvalue weighted by Crippen LogP contribution is -2.17. The number of rotatable bonds is 0. The first-order chi connectivity index (χ1) is 3.72. The number of halogens is 3. The molecule has 1 aliphatic rings. The van der Waals surface area contributed by atoms with Crippen molar-refractivity contribution in [1.82, 2.24) is 0 Å². The van der Waals surface area contributed by atoms with E-state index in [0.717, 1.165) is 0 Å². The zero-order chi connectivity index (χ0) is 6.15. The molecule has 0 saturated carbocycles. The fraction of sp³-hybridized carbons (Fsp3) is 1.00. The van der Waals surface area contributed by atoms with Gasteiger partial charge in [0.1, 0.15) is 6.17 Å². The molecule has 0 bridgehead atoms. The fourth-order valence-corrected chi connectivity index (χ4v) is 1.44. The van der Waals surface area contributed by atoms with E-state index in [9.17, 15) is 13.2 Å². The van der Waals surface area contributed by atoms with Gasteiger partial charge in [0.2, 0.25) is 0 Å². The van der Waals surface area contributed by atoms with Gasteiger partial charge in [-0.25, -0.2) is 13.2 Å². The quantitative estimate of drug-likeness (QED) is 0.496. The fourth-order valence-electron chi connectivity index (χ4n) is 0.532. The summed E-state index contributed by atoms with van der Waals surface area (Å²) in [6, 6.07) is 0. The van der Waals surface area contributed by atoms with Gasteiger partial charge < -0.3 is 0 Å². The van der Waals surface area contributed by atoms with Gasteiger partial charge in [0.05, 0.1) is 0 Å². The van der Waals surface area contributed by atoms with Crippen LogP contribution in [0, 0.1) is 0 Å². The van der Waals surface area contributed by atoms with Crippen molar-refractivity contribution < 1.29 is 13.2 Å². The van der Waals surface area contributed by atoms with Crippen LogP contribution in [0.5, 0.6) is 0 Å². The summed E-state index contributed by atoms with van der Waals surface area (Å²) in [5, 5.41) is 0. The molecule has 1 fully saturated rings. The molecule has 0 N–H and O–H groups in total. The van der Waals surface area contributed by atoms with Gasteiger partial charge in [-0.3, -0.25) is 0 Å². The van der Waals surface area contributed by atoms with E-state index >= 15 is 0 Å². The molecule has 3 atom stereocenters. The van der Waals surface area contributed by atoms with E-state index in [2.05, 4.69) is 0 Å². The van der Waals surface area contributed by atoms with Gasteiger partial charge >= 0.3 is 0 Å². The van der Waals surface area contributed by atoms with Crippen molar-refractivity contribution in [2.24, 2.45) is 0 Å². The Morgan fingerprint density at radius 2 is 1.88 bits per heavy atom. The van der Waals surface area contributed by atoms with Crippen molar-refractivity contribution in [2.75, 3.05) is 5.75 Å². The molecule has 0 spiro atoms. The van der Waals surface area contributed by atoms with Crippen LogP contribution in [-0.4, -0.2) is 23.6 Å². The summed E-state index contributed by atoms with van der Waals surface area (Å²) in [7, 11) is 0. The average Bonchev–Trinajstić information content (AvgIpc) is 1.98. The Hall–Kier alpha value is 0.140. The highest BCUT2D eigenvalue weighted by Gasteiger charge is 2.37. The molecule has 0 aromatic rings. The summed E-state index contributed by atoms with van der Waals surface area (Å²) in [4.78, 5) is 0. The van der Waals surface area contributed by atoms with Crippen LogP contribution < -0.4 is 0 Å². The van der Waals surface area contributed by atoms with Gasteiger partial charge in [-0.1, -0.05) is 0 Å². The third-order valence-electron chi connectivity index (χ3n) is 1.01. The Labute approximate surface area is 49.4 Å². The summed E-state index contributed by atoms with van der Waals surface area (Å²) in [6.45, 7) is 0. The topological polar surface area (TPSA) is 0 Å². The number of thioether (sulfide) groups is 1. The lowest BCUT2D eigenvalue weighted by atomic mass is 10.3. The smallest absolute Gasteiger partial charge is 0.180 e. The lowest BCUT2D eigenvalue weighted by molar-refractivity contribution is 0.151. The molecule has 0 aromatic heterocycles. The molecule has 0 aromatic carbocycles.